The second kappa shape index (κ2) is 6.35. The Kier molecular flexibility index (Phi) is 4.24. The highest BCUT2D eigenvalue weighted by atomic mass is 19.3. The van der Waals surface area contributed by atoms with Crippen molar-refractivity contribution in [1.29, 1.82) is 0 Å². The van der Waals surface area contributed by atoms with Crippen LogP contribution in [-0.2, 0) is 0 Å². The SMILES string of the molecule is CC(C)n1nc(-c2cccc(OC(F)F)c2)c2ncc(C=O)cc21. The van der Waals surface area contributed by atoms with E-state index in [1.807, 2.05) is 13.8 Å². The minimum Gasteiger partial charge on any atom is -0.435 e. The first kappa shape index (κ1) is 16.0. The van der Waals surface area contributed by atoms with Gasteiger partial charge < -0.3 is 4.74 Å². The van der Waals surface area contributed by atoms with E-state index in [9.17, 15) is 13.6 Å². The van der Waals surface area contributed by atoms with Crippen molar-refractivity contribution >= 4 is 17.3 Å². The normalized spacial score (nSPS) is 11.4. The molecule has 0 aliphatic heterocycles. The number of benzene rings is 1. The second-order valence-corrected chi connectivity index (χ2v) is 5.55. The molecular formula is C17H15F2N3O2. The molecule has 3 aromatic rings. The lowest BCUT2D eigenvalue weighted by Gasteiger charge is -2.06. The van der Waals surface area contributed by atoms with Gasteiger partial charge in [-0.25, -0.2) is 0 Å². The maximum atomic E-state index is 12.4. The van der Waals surface area contributed by atoms with Gasteiger partial charge in [-0.2, -0.15) is 13.9 Å². The van der Waals surface area contributed by atoms with Crippen molar-refractivity contribution in [3.8, 4) is 17.0 Å². The van der Waals surface area contributed by atoms with Gasteiger partial charge in [0, 0.05) is 23.4 Å². The van der Waals surface area contributed by atoms with Crippen molar-refractivity contribution in [3.05, 3.63) is 42.1 Å². The summed E-state index contributed by atoms with van der Waals surface area (Å²) in [5, 5.41) is 4.55. The summed E-state index contributed by atoms with van der Waals surface area (Å²) in [6, 6.07) is 8.08. The number of carbonyl (C=O) groups excluding carboxylic acids is 1. The van der Waals surface area contributed by atoms with Crippen LogP contribution in [0.3, 0.4) is 0 Å². The quantitative estimate of drug-likeness (QED) is 0.661. The molecule has 2 heterocycles. The largest absolute Gasteiger partial charge is 0.435 e. The molecule has 0 unspecified atom stereocenters. The van der Waals surface area contributed by atoms with E-state index in [0.717, 1.165) is 6.29 Å². The fourth-order valence-electron chi connectivity index (χ4n) is 2.51. The number of halogens is 2. The van der Waals surface area contributed by atoms with Crippen LogP contribution in [0, 0.1) is 0 Å². The first-order valence-electron chi connectivity index (χ1n) is 7.38. The Morgan fingerprint density at radius 3 is 2.71 bits per heavy atom. The summed E-state index contributed by atoms with van der Waals surface area (Å²) < 4.78 is 31.0. The van der Waals surface area contributed by atoms with Crippen LogP contribution >= 0.6 is 0 Å². The smallest absolute Gasteiger partial charge is 0.387 e. The lowest BCUT2D eigenvalue weighted by Crippen LogP contribution is -2.03. The predicted molar refractivity (Wildman–Crippen MR) is 85.4 cm³/mol. The summed E-state index contributed by atoms with van der Waals surface area (Å²) in [6.07, 6.45) is 2.19. The van der Waals surface area contributed by atoms with Gasteiger partial charge in [0.25, 0.3) is 0 Å². The first-order valence-corrected chi connectivity index (χ1v) is 7.38. The van der Waals surface area contributed by atoms with Gasteiger partial charge in [0.1, 0.15) is 17.0 Å². The maximum absolute atomic E-state index is 12.4. The lowest BCUT2D eigenvalue weighted by molar-refractivity contribution is -0.0498. The van der Waals surface area contributed by atoms with Crippen LogP contribution in [-0.4, -0.2) is 27.7 Å². The van der Waals surface area contributed by atoms with Crippen molar-refractivity contribution in [3.63, 3.8) is 0 Å². The fraction of sp³-hybridized carbons (Fsp3) is 0.235. The Morgan fingerprint density at radius 1 is 1.25 bits per heavy atom. The van der Waals surface area contributed by atoms with Crippen LogP contribution in [0.15, 0.2) is 36.5 Å². The summed E-state index contributed by atoms with van der Waals surface area (Å²) >= 11 is 0. The average molecular weight is 331 g/mol. The standard InChI is InChI=1S/C17H15F2N3O2/c1-10(2)22-14-6-11(9-23)8-20-16(14)15(21-22)12-4-3-5-13(7-12)24-17(18)19/h3-10,17H,1-2H3. The van der Waals surface area contributed by atoms with Crippen LogP contribution in [0.25, 0.3) is 22.3 Å². The number of fused-ring (bicyclic) bond motifs is 1. The monoisotopic (exact) mass is 331 g/mol. The number of alkyl halides is 2. The highest BCUT2D eigenvalue weighted by Gasteiger charge is 2.17. The van der Waals surface area contributed by atoms with Gasteiger partial charge in [0.2, 0.25) is 0 Å². The van der Waals surface area contributed by atoms with Crippen LogP contribution in [0.4, 0.5) is 8.78 Å². The molecule has 3 rings (SSSR count). The van der Waals surface area contributed by atoms with Crippen LogP contribution in [0.5, 0.6) is 5.75 Å². The number of rotatable bonds is 5. The number of nitrogens with zero attached hydrogens (tertiary/aromatic N) is 3. The van der Waals surface area contributed by atoms with Gasteiger partial charge in [-0.3, -0.25) is 14.5 Å². The van der Waals surface area contributed by atoms with E-state index in [0.29, 0.717) is 27.9 Å². The minimum atomic E-state index is -2.89. The Hall–Kier alpha value is -2.83. The number of ether oxygens (including phenoxy) is 1. The second-order valence-electron chi connectivity index (χ2n) is 5.55. The van der Waals surface area contributed by atoms with Crippen LogP contribution < -0.4 is 4.74 Å². The lowest BCUT2D eigenvalue weighted by atomic mass is 10.1. The van der Waals surface area contributed by atoms with E-state index in [-0.39, 0.29) is 11.8 Å². The number of hydrogen-bond donors (Lipinski definition) is 0. The third-order valence-electron chi connectivity index (χ3n) is 3.53. The number of aldehydes is 1. The molecule has 5 nitrogen and oxygen atoms in total. The Labute approximate surface area is 136 Å². The first-order chi connectivity index (χ1) is 11.5. The molecule has 1 aromatic carbocycles. The third-order valence-corrected chi connectivity index (χ3v) is 3.53. The molecule has 0 radical (unpaired) electrons. The van der Waals surface area contributed by atoms with Crippen LogP contribution in [0.1, 0.15) is 30.2 Å². The van der Waals surface area contributed by atoms with Gasteiger partial charge in [-0.1, -0.05) is 12.1 Å². The highest BCUT2D eigenvalue weighted by molar-refractivity contribution is 5.93. The third kappa shape index (κ3) is 2.97. The molecular weight excluding hydrogens is 316 g/mol. The summed E-state index contributed by atoms with van der Waals surface area (Å²) in [5.74, 6) is 0.0549. The summed E-state index contributed by atoms with van der Waals surface area (Å²) in [4.78, 5) is 15.3. The van der Waals surface area contributed by atoms with Crippen molar-refractivity contribution in [1.82, 2.24) is 14.8 Å². The molecule has 124 valence electrons. The predicted octanol–water partition coefficient (Wildman–Crippen LogP) is 4.09. The summed E-state index contributed by atoms with van der Waals surface area (Å²) in [6.45, 7) is 1.03. The Balaban J connectivity index is 2.18. The number of aromatic nitrogens is 3. The van der Waals surface area contributed by atoms with Crippen LogP contribution in [0.2, 0.25) is 0 Å². The highest BCUT2D eigenvalue weighted by Crippen LogP contribution is 2.31. The Bertz CT molecular complexity index is 891. The summed E-state index contributed by atoms with van der Waals surface area (Å²) in [5.41, 5.74) is 2.93. The van der Waals surface area contributed by atoms with Crippen molar-refractivity contribution in [2.24, 2.45) is 0 Å². The van der Waals surface area contributed by atoms with Gasteiger partial charge in [0.05, 0.1) is 5.52 Å². The molecule has 7 heteroatoms. The van der Waals surface area contributed by atoms with E-state index in [1.54, 1.807) is 22.9 Å². The average Bonchev–Trinajstić information content (AvgIpc) is 2.93. The van der Waals surface area contributed by atoms with E-state index >= 15 is 0 Å². The minimum absolute atomic E-state index is 0.0467. The van der Waals surface area contributed by atoms with Gasteiger partial charge >= 0.3 is 6.61 Å². The molecule has 2 aromatic heterocycles. The zero-order chi connectivity index (χ0) is 17.3. The van der Waals surface area contributed by atoms with Gasteiger partial charge in [-0.15, -0.1) is 0 Å². The Morgan fingerprint density at radius 2 is 2.04 bits per heavy atom. The molecule has 0 bridgehead atoms. The molecule has 0 amide bonds. The van der Waals surface area contributed by atoms with E-state index in [4.69, 9.17) is 0 Å². The van der Waals surface area contributed by atoms with E-state index in [1.165, 1.54) is 18.3 Å². The molecule has 0 N–H and O–H groups in total. The van der Waals surface area contributed by atoms with Crippen molar-refractivity contribution in [2.45, 2.75) is 26.5 Å². The van der Waals surface area contributed by atoms with Crippen molar-refractivity contribution in [2.75, 3.05) is 0 Å². The molecule has 0 spiro atoms. The molecule has 0 saturated heterocycles. The van der Waals surface area contributed by atoms with E-state index in [2.05, 4.69) is 14.8 Å². The maximum Gasteiger partial charge on any atom is 0.387 e. The molecule has 24 heavy (non-hydrogen) atoms. The van der Waals surface area contributed by atoms with Gasteiger partial charge in [0.15, 0.2) is 6.29 Å². The van der Waals surface area contributed by atoms with Crippen molar-refractivity contribution < 1.29 is 18.3 Å². The summed E-state index contributed by atoms with van der Waals surface area (Å²) in [7, 11) is 0. The van der Waals surface area contributed by atoms with E-state index < -0.39 is 6.61 Å². The molecule has 0 saturated carbocycles. The number of hydrogen-bond acceptors (Lipinski definition) is 4. The molecule has 0 aliphatic rings. The number of carbonyl (C=O) groups is 1. The molecule has 0 aliphatic carbocycles. The zero-order valence-corrected chi connectivity index (χ0v) is 13.1. The molecule has 0 atom stereocenters. The zero-order valence-electron chi connectivity index (χ0n) is 13.1. The number of pyridine rings is 1. The topological polar surface area (TPSA) is 57.0 Å². The fourth-order valence-corrected chi connectivity index (χ4v) is 2.51. The molecule has 0 fully saturated rings. The van der Waals surface area contributed by atoms with Gasteiger partial charge in [-0.05, 0) is 32.0 Å².